The molecule has 1 heterocycles. The Morgan fingerprint density at radius 2 is 2.35 bits per heavy atom. The molecule has 0 aliphatic carbocycles. The van der Waals surface area contributed by atoms with E-state index in [-0.39, 0.29) is 5.56 Å². The van der Waals surface area contributed by atoms with Gasteiger partial charge in [-0.3, -0.25) is 4.90 Å². The largest absolute Gasteiger partial charge is 0.496 e. The van der Waals surface area contributed by atoms with Gasteiger partial charge in [0.25, 0.3) is 0 Å². The molecule has 1 aliphatic rings. The fraction of sp³-hybridized carbons (Fsp3) is 0.600. The highest BCUT2D eigenvalue weighted by atomic mass is 32.2. The Labute approximate surface area is 124 Å². The summed E-state index contributed by atoms with van der Waals surface area (Å²) in [6.45, 7) is 4.01. The van der Waals surface area contributed by atoms with Crippen molar-refractivity contribution in [2.24, 2.45) is 0 Å². The molecule has 1 fully saturated rings. The molecule has 1 aliphatic heterocycles. The third-order valence-electron chi connectivity index (χ3n) is 3.76. The Morgan fingerprint density at radius 3 is 3.05 bits per heavy atom. The summed E-state index contributed by atoms with van der Waals surface area (Å²) in [6, 6.07) is 5.15. The van der Waals surface area contributed by atoms with E-state index in [0.717, 1.165) is 24.6 Å². The molecular weight excluding hydrogens is 277 g/mol. The molecule has 0 radical (unpaired) electrons. The van der Waals surface area contributed by atoms with Crippen molar-refractivity contribution in [2.75, 3.05) is 31.7 Å². The van der Waals surface area contributed by atoms with E-state index in [1.165, 1.54) is 13.2 Å². The average molecular weight is 299 g/mol. The summed E-state index contributed by atoms with van der Waals surface area (Å²) >= 11 is 1.96. The maximum atomic E-state index is 13.9. The first-order valence-electron chi connectivity index (χ1n) is 6.95. The van der Waals surface area contributed by atoms with Gasteiger partial charge in [0, 0.05) is 30.6 Å². The molecule has 5 heteroatoms. The van der Waals surface area contributed by atoms with E-state index < -0.39 is 11.9 Å². The highest BCUT2D eigenvalue weighted by Gasteiger charge is 2.22. The van der Waals surface area contributed by atoms with Crippen LogP contribution in [0.5, 0.6) is 5.75 Å². The first-order valence-corrected chi connectivity index (χ1v) is 8.11. The molecule has 1 aromatic carbocycles. The topological polar surface area (TPSA) is 32.7 Å². The van der Waals surface area contributed by atoms with Crippen molar-refractivity contribution in [1.29, 1.82) is 0 Å². The van der Waals surface area contributed by atoms with Gasteiger partial charge < -0.3 is 9.84 Å². The number of halogens is 1. The van der Waals surface area contributed by atoms with Crippen LogP contribution in [-0.4, -0.2) is 47.8 Å². The van der Waals surface area contributed by atoms with E-state index in [1.807, 2.05) is 11.8 Å². The molecule has 0 amide bonds. The standard InChI is InChI=1S/C15H22FNO2S/c1-11-10-20-9-8-17(11)7-6-13(18)15-12(16)4-3-5-14(15)19-2/h3-5,11,13,18H,6-10H2,1-2H3. The van der Waals surface area contributed by atoms with Crippen LogP contribution in [0.2, 0.25) is 0 Å². The molecule has 20 heavy (non-hydrogen) atoms. The monoisotopic (exact) mass is 299 g/mol. The van der Waals surface area contributed by atoms with Gasteiger partial charge in [0.1, 0.15) is 11.6 Å². The van der Waals surface area contributed by atoms with Crippen LogP contribution >= 0.6 is 11.8 Å². The lowest BCUT2D eigenvalue weighted by atomic mass is 10.0. The van der Waals surface area contributed by atoms with Crippen molar-refractivity contribution in [1.82, 2.24) is 4.90 Å². The van der Waals surface area contributed by atoms with Gasteiger partial charge in [-0.1, -0.05) is 6.07 Å². The zero-order chi connectivity index (χ0) is 14.5. The summed E-state index contributed by atoms with van der Waals surface area (Å²) in [5.41, 5.74) is 0.272. The maximum absolute atomic E-state index is 13.9. The normalized spacial score (nSPS) is 21.7. The summed E-state index contributed by atoms with van der Waals surface area (Å²) in [5.74, 6) is 2.27. The molecule has 112 valence electrons. The van der Waals surface area contributed by atoms with Crippen LogP contribution in [0.4, 0.5) is 4.39 Å². The molecule has 1 aromatic rings. The highest BCUT2D eigenvalue weighted by molar-refractivity contribution is 7.99. The summed E-state index contributed by atoms with van der Waals surface area (Å²) in [5, 5.41) is 10.3. The molecule has 0 bridgehead atoms. The van der Waals surface area contributed by atoms with E-state index in [0.29, 0.717) is 18.2 Å². The molecular formula is C15H22FNO2S. The molecule has 2 rings (SSSR count). The number of nitrogens with zero attached hydrogens (tertiary/aromatic N) is 1. The predicted octanol–water partition coefficient (Wildman–Crippen LogP) is 2.70. The van der Waals surface area contributed by atoms with Gasteiger partial charge in [0.05, 0.1) is 18.8 Å². The molecule has 2 atom stereocenters. The van der Waals surface area contributed by atoms with Gasteiger partial charge in [-0.05, 0) is 25.5 Å². The maximum Gasteiger partial charge on any atom is 0.132 e. The lowest BCUT2D eigenvalue weighted by Crippen LogP contribution is -2.41. The minimum atomic E-state index is -0.826. The van der Waals surface area contributed by atoms with Crippen molar-refractivity contribution >= 4 is 11.8 Å². The number of hydrogen-bond acceptors (Lipinski definition) is 4. The van der Waals surface area contributed by atoms with Crippen molar-refractivity contribution in [3.05, 3.63) is 29.6 Å². The van der Waals surface area contributed by atoms with E-state index in [2.05, 4.69) is 11.8 Å². The Bertz CT molecular complexity index is 444. The second kappa shape index (κ2) is 7.29. The zero-order valence-corrected chi connectivity index (χ0v) is 12.8. The second-order valence-corrected chi connectivity index (χ2v) is 6.27. The third kappa shape index (κ3) is 3.65. The Hall–Kier alpha value is -0.780. The number of aliphatic hydroxyl groups is 1. The number of thioether (sulfide) groups is 1. The van der Waals surface area contributed by atoms with Gasteiger partial charge >= 0.3 is 0 Å². The van der Waals surface area contributed by atoms with Gasteiger partial charge in [-0.2, -0.15) is 11.8 Å². The Kier molecular flexibility index (Phi) is 5.69. The summed E-state index contributed by atoms with van der Waals surface area (Å²) in [4.78, 5) is 2.35. The van der Waals surface area contributed by atoms with Gasteiger partial charge in [-0.15, -0.1) is 0 Å². The summed E-state index contributed by atoms with van der Waals surface area (Å²) in [7, 11) is 1.49. The molecule has 0 aromatic heterocycles. The fourth-order valence-electron chi connectivity index (χ4n) is 2.54. The van der Waals surface area contributed by atoms with Gasteiger partial charge in [0.2, 0.25) is 0 Å². The molecule has 0 spiro atoms. The summed E-state index contributed by atoms with van der Waals surface area (Å²) in [6.07, 6.45) is -0.306. The number of ether oxygens (including phenoxy) is 1. The first kappa shape index (κ1) is 15.6. The van der Waals surface area contributed by atoms with Crippen molar-refractivity contribution in [2.45, 2.75) is 25.5 Å². The predicted molar refractivity (Wildman–Crippen MR) is 80.9 cm³/mol. The van der Waals surface area contributed by atoms with E-state index in [1.54, 1.807) is 12.1 Å². The van der Waals surface area contributed by atoms with E-state index >= 15 is 0 Å². The van der Waals surface area contributed by atoms with E-state index in [9.17, 15) is 9.50 Å². The molecule has 1 saturated heterocycles. The van der Waals surface area contributed by atoms with Gasteiger partial charge in [-0.25, -0.2) is 4.39 Å². The minimum absolute atomic E-state index is 0.272. The Morgan fingerprint density at radius 1 is 1.55 bits per heavy atom. The zero-order valence-electron chi connectivity index (χ0n) is 12.0. The first-order chi connectivity index (χ1) is 9.63. The molecule has 3 nitrogen and oxygen atoms in total. The van der Waals surface area contributed by atoms with Crippen LogP contribution in [0.15, 0.2) is 18.2 Å². The number of benzene rings is 1. The van der Waals surface area contributed by atoms with Crippen LogP contribution in [0.3, 0.4) is 0 Å². The van der Waals surface area contributed by atoms with Crippen molar-refractivity contribution < 1.29 is 14.2 Å². The lowest BCUT2D eigenvalue weighted by molar-refractivity contribution is 0.127. The smallest absolute Gasteiger partial charge is 0.132 e. The molecule has 2 unspecified atom stereocenters. The Balaban J connectivity index is 1.99. The van der Waals surface area contributed by atoms with Crippen LogP contribution in [-0.2, 0) is 0 Å². The van der Waals surface area contributed by atoms with Crippen molar-refractivity contribution in [3.8, 4) is 5.75 Å². The van der Waals surface area contributed by atoms with Gasteiger partial charge in [0.15, 0.2) is 0 Å². The SMILES string of the molecule is COc1cccc(F)c1C(O)CCN1CCSCC1C. The lowest BCUT2D eigenvalue weighted by Gasteiger charge is -2.33. The van der Waals surface area contributed by atoms with Crippen LogP contribution in [0.1, 0.15) is 25.0 Å². The number of hydrogen-bond donors (Lipinski definition) is 1. The molecule has 1 N–H and O–H groups in total. The number of rotatable bonds is 5. The third-order valence-corrected chi connectivity index (χ3v) is 4.95. The summed E-state index contributed by atoms with van der Waals surface area (Å²) < 4.78 is 19.0. The fourth-order valence-corrected chi connectivity index (χ4v) is 3.63. The van der Waals surface area contributed by atoms with Crippen LogP contribution in [0, 0.1) is 5.82 Å². The number of aliphatic hydroxyl groups excluding tert-OH is 1. The van der Waals surface area contributed by atoms with E-state index in [4.69, 9.17) is 4.74 Å². The number of methoxy groups -OCH3 is 1. The average Bonchev–Trinajstić information content (AvgIpc) is 2.45. The minimum Gasteiger partial charge on any atom is -0.496 e. The highest BCUT2D eigenvalue weighted by Crippen LogP contribution is 2.30. The van der Waals surface area contributed by atoms with Crippen LogP contribution in [0.25, 0.3) is 0 Å². The van der Waals surface area contributed by atoms with Crippen LogP contribution < -0.4 is 4.74 Å². The molecule has 0 saturated carbocycles. The van der Waals surface area contributed by atoms with Crippen molar-refractivity contribution in [3.63, 3.8) is 0 Å². The second-order valence-electron chi connectivity index (χ2n) is 5.12. The quantitative estimate of drug-likeness (QED) is 0.906.